The van der Waals surface area contributed by atoms with Gasteiger partial charge in [0, 0.05) is 17.2 Å². The summed E-state index contributed by atoms with van der Waals surface area (Å²) in [5.41, 5.74) is 2.37. The summed E-state index contributed by atoms with van der Waals surface area (Å²) in [6, 6.07) is 22.5. The fourth-order valence-electron chi connectivity index (χ4n) is 5.14. The number of methoxy groups -OCH3 is 2. The minimum atomic E-state index is -0.874. The number of benzene rings is 3. The molecule has 0 spiro atoms. The summed E-state index contributed by atoms with van der Waals surface area (Å²) in [5.74, 6) is 1.40. The lowest BCUT2D eigenvalue weighted by atomic mass is 9.93. The van der Waals surface area contributed by atoms with E-state index in [0.717, 1.165) is 5.56 Å². The zero-order valence-corrected chi connectivity index (χ0v) is 26.7. The van der Waals surface area contributed by atoms with E-state index >= 15 is 0 Å². The predicted octanol–water partition coefficient (Wildman–Crippen LogP) is 6.52. The number of hydrogen-bond acceptors (Lipinski definition) is 8. The molecule has 228 valence electrons. The van der Waals surface area contributed by atoms with E-state index < -0.39 is 12.0 Å². The molecule has 1 aliphatic rings. The van der Waals surface area contributed by atoms with Crippen molar-refractivity contribution < 1.29 is 23.4 Å². The highest BCUT2D eigenvalue weighted by Gasteiger charge is 2.35. The Balaban J connectivity index is 1.57. The Kier molecular flexibility index (Phi) is 8.67. The number of carbonyl (C=O) groups excluding carboxylic acids is 1. The van der Waals surface area contributed by atoms with Crippen LogP contribution in [0.15, 0.2) is 98.6 Å². The van der Waals surface area contributed by atoms with E-state index in [0.29, 0.717) is 59.2 Å². The van der Waals surface area contributed by atoms with Crippen molar-refractivity contribution in [3.63, 3.8) is 0 Å². The lowest BCUT2D eigenvalue weighted by Gasteiger charge is -2.26. The average Bonchev–Trinajstić information content (AvgIpc) is 3.65. The first-order chi connectivity index (χ1) is 21.8. The van der Waals surface area contributed by atoms with Gasteiger partial charge in [0.05, 0.1) is 52.7 Å². The Morgan fingerprint density at radius 3 is 2.44 bits per heavy atom. The molecule has 0 saturated carbocycles. The summed E-state index contributed by atoms with van der Waals surface area (Å²) in [6.07, 6.45) is 1.66. The van der Waals surface area contributed by atoms with E-state index in [2.05, 4.69) is 0 Å². The van der Waals surface area contributed by atoms with E-state index in [1.165, 1.54) is 23.0 Å². The Bertz CT molecular complexity index is 2130. The van der Waals surface area contributed by atoms with Crippen LogP contribution in [0.25, 0.3) is 23.1 Å². The van der Waals surface area contributed by atoms with Gasteiger partial charge in [-0.1, -0.05) is 70.9 Å². The van der Waals surface area contributed by atoms with Gasteiger partial charge < -0.3 is 18.6 Å². The van der Waals surface area contributed by atoms with Gasteiger partial charge in [-0.05, 0) is 55.0 Å². The number of furan rings is 1. The minimum absolute atomic E-state index is 0.146. The molecule has 1 aliphatic heterocycles. The monoisotopic (exact) mass is 660 g/mol. The molecule has 0 amide bonds. The van der Waals surface area contributed by atoms with Gasteiger partial charge in [0.25, 0.3) is 5.56 Å². The van der Waals surface area contributed by atoms with Gasteiger partial charge in [-0.25, -0.2) is 9.79 Å². The van der Waals surface area contributed by atoms with Crippen LogP contribution in [0.3, 0.4) is 0 Å². The third-order valence-corrected chi connectivity index (χ3v) is 8.92. The van der Waals surface area contributed by atoms with Crippen molar-refractivity contribution in [2.45, 2.75) is 13.0 Å². The Morgan fingerprint density at radius 1 is 0.956 bits per heavy atom. The normalized spacial score (nSPS) is 14.6. The maximum Gasteiger partial charge on any atom is 0.338 e. The summed E-state index contributed by atoms with van der Waals surface area (Å²) < 4.78 is 24.5. The highest BCUT2D eigenvalue weighted by Crippen LogP contribution is 2.38. The molecule has 6 rings (SSSR count). The van der Waals surface area contributed by atoms with Crippen LogP contribution in [0.4, 0.5) is 0 Å². The number of rotatable bonds is 8. The molecule has 0 fully saturated rings. The Labute approximate surface area is 272 Å². The summed E-state index contributed by atoms with van der Waals surface area (Å²) in [4.78, 5) is 33.2. The molecule has 2 aromatic heterocycles. The quantitative estimate of drug-likeness (QED) is 0.176. The van der Waals surface area contributed by atoms with E-state index in [9.17, 15) is 9.59 Å². The maximum atomic E-state index is 14.2. The highest BCUT2D eigenvalue weighted by atomic mass is 35.5. The van der Waals surface area contributed by atoms with E-state index in [4.69, 9.17) is 46.8 Å². The van der Waals surface area contributed by atoms with Crippen molar-refractivity contribution >= 4 is 52.3 Å². The molecule has 8 nitrogen and oxygen atoms in total. The van der Waals surface area contributed by atoms with Gasteiger partial charge in [-0.15, -0.1) is 0 Å². The largest absolute Gasteiger partial charge is 0.493 e. The second kappa shape index (κ2) is 12.8. The smallest absolute Gasteiger partial charge is 0.338 e. The average molecular weight is 662 g/mol. The second-order valence-electron chi connectivity index (χ2n) is 9.88. The van der Waals surface area contributed by atoms with Crippen molar-refractivity contribution in [3.05, 3.63) is 131 Å². The third kappa shape index (κ3) is 5.82. The number of ether oxygens (including phenoxy) is 3. The molecule has 0 N–H and O–H groups in total. The zero-order chi connectivity index (χ0) is 31.7. The molecule has 0 unspecified atom stereocenters. The van der Waals surface area contributed by atoms with E-state index in [1.807, 2.05) is 30.3 Å². The fraction of sp³-hybridized carbons (Fsp3) is 0.147. The van der Waals surface area contributed by atoms with Crippen LogP contribution in [0.1, 0.15) is 29.9 Å². The number of carbonyl (C=O) groups is 1. The summed E-state index contributed by atoms with van der Waals surface area (Å²) in [7, 11) is 3.07. The molecule has 45 heavy (non-hydrogen) atoms. The van der Waals surface area contributed by atoms with Crippen molar-refractivity contribution in [2.75, 3.05) is 20.8 Å². The van der Waals surface area contributed by atoms with Gasteiger partial charge in [0.1, 0.15) is 11.5 Å². The van der Waals surface area contributed by atoms with Crippen LogP contribution >= 0.6 is 34.5 Å². The number of nitrogens with zero attached hydrogens (tertiary/aromatic N) is 2. The van der Waals surface area contributed by atoms with E-state index in [1.54, 1.807) is 68.6 Å². The van der Waals surface area contributed by atoms with Crippen LogP contribution in [-0.4, -0.2) is 31.4 Å². The van der Waals surface area contributed by atoms with Crippen molar-refractivity contribution in [1.29, 1.82) is 0 Å². The van der Waals surface area contributed by atoms with Gasteiger partial charge in [0.2, 0.25) is 0 Å². The second-order valence-corrected chi connectivity index (χ2v) is 11.7. The summed E-state index contributed by atoms with van der Waals surface area (Å²) >= 11 is 13.5. The Hall–Kier alpha value is -4.57. The lowest BCUT2D eigenvalue weighted by Crippen LogP contribution is -2.40. The van der Waals surface area contributed by atoms with Crippen molar-refractivity contribution in [3.8, 4) is 22.8 Å². The molecule has 1 atom stereocenters. The standard InChI is InChI=1S/C34H26Cl2N2O6S/c1-4-43-33(40)29-30(19-8-6-5-7-9-19)37-34-38(31(29)21-11-14-26(41-2)27(17-21)42-3)32(39)28(45-34)18-22-12-15-25(44-22)20-10-13-23(35)24(36)16-20/h5-18,31H,4H2,1-3H3/b28-18-/t31-/m1/s1. The molecule has 0 saturated heterocycles. The van der Waals surface area contributed by atoms with Gasteiger partial charge in [-0.3, -0.25) is 9.36 Å². The molecular weight excluding hydrogens is 635 g/mol. The minimum Gasteiger partial charge on any atom is -0.493 e. The number of halogens is 2. The molecule has 3 aromatic carbocycles. The van der Waals surface area contributed by atoms with Gasteiger partial charge in [0.15, 0.2) is 16.3 Å². The van der Waals surface area contributed by atoms with Crippen LogP contribution in [0.2, 0.25) is 10.0 Å². The van der Waals surface area contributed by atoms with Crippen molar-refractivity contribution in [2.24, 2.45) is 4.99 Å². The molecular formula is C34H26Cl2N2O6S. The van der Waals surface area contributed by atoms with E-state index in [-0.39, 0.29) is 17.7 Å². The van der Waals surface area contributed by atoms with Crippen LogP contribution < -0.4 is 24.4 Å². The third-order valence-electron chi connectivity index (χ3n) is 7.20. The number of thiazole rings is 1. The topological polar surface area (TPSA) is 92.3 Å². The number of aromatic nitrogens is 1. The molecule has 0 bridgehead atoms. The lowest BCUT2D eigenvalue weighted by molar-refractivity contribution is -0.138. The number of hydrogen-bond donors (Lipinski definition) is 0. The van der Waals surface area contributed by atoms with Crippen LogP contribution in [0.5, 0.6) is 11.5 Å². The fourth-order valence-corrected chi connectivity index (χ4v) is 6.42. The first-order valence-electron chi connectivity index (χ1n) is 13.9. The predicted molar refractivity (Wildman–Crippen MR) is 175 cm³/mol. The van der Waals surface area contributed by atoms with Gasteiger partial charge in [-0.2, -0.15) is 0 Å². The first kappa shape index (κ1) is 30.5. The molecule has 3 heterocycles. The molecule has 11 heteroatoms. The number of fused-ring (bicyclic) bond motifs is 1. The van der Waals surface area contributed by atoms with Crippen LogP contribution in [-0.2, 0) is 9.53 Å². The maximum absolute atomic E-state index is 14.2. The summed E-state index contributed by atoms with van der Waals surface area (Å²) in [5, 5.41) is 0.844. The summed E-state index contributed by atoms with van der Waals surface area (Å²) in [6.45, 7) is 1.88. The first-order valence-corrected chi connectivity index (χ1v) is 15.5. The van der Waals surface area contributed by atoms with Gasteiger partial charge >= 0.3 is 5.97 Å². The highest BCUT2D eigenvalue weighted by molar-refractivity contribution is 7.07. The van der Waals surface area contributed by atoms with Crippen molar-refractivity contribution in [1.82, 2.24) is 4.57 Å². The Morgan fingerprint density at radius 2 is 1.73 bits per heavy atom. The SMILES string of the molecule is CCOC(=O)C1=C(c2ccccc2)N=c2s/c(=C\c3ccc(-c4ccc(Cl)c(Cl)c4)o3)c(=O)n2[C@@H]1c1ccc(OC)c(OC)c1. The zero-order valence-electron chi connectivity index (χ0n) is 24.4. The molecule has 0 aliphatic carbocycles. The molecule has 5 aromatic rings. The number of esters is 1. The van der Waals surface area contributed by atoms with Crippen LogP contribution in [0, 0.1) is 0 Å². The molecule has 0 radical (unpaired) electrons.